The zero-order valence-electron chi connectivity index (χ0n) is 10.6. The number of halogens is 1. The number of nitrogens with zero attached hydrogens (tertiary/aromatic N) is 2. The maximum absolute atomic E-state index is 12.0. The highest BCUT2D eigenvalue weighted by Gasteiger charge is 2.14. The molecule has 1 aliphatic heterocycles. The van der Waals surface area contributed by atoms with Gasteiger partial charge in [0.1, 0.15) is 10.8 Å². The van der Waals surface area contributed by atoms with E-state index in [1.807, 2.05) is 12.1 Å². The van der Waals surface area contributed by atoms with Crippen LogP contribution in [0.1, 0.15) is 18.5 Å². The summed E-state index contributed by atoms with van der Waals surface area (Å²) in [5.41, 5.74) is 1.38. The SMILES string of the molecule is O=c1cc(CCC2CCNC2)nc2cccc(Cl)n12. The maximum Gasteiger partial charge on any atom is 0.259 e. The molecule has 0 saturated carbocycles. The Kier molecular flexibility index (Phi) is 3.53. The van der Waals surface area contributed by atoms with Gasteiger partial charge in [-0.1, -0.05) is 17.7 Å². The fourth-order valence-corrected chi connectivity index (χ4v) is 2.85. The van der Waals surface area contributed by atoms with Crippen LogP contribution in [0.2, 0.25) is 5.15 Å². The van der Waals surface area contributed by atoms with Crippen molar-refractivity contribution in [2.75, 3.05) is 13.1 Å². The molecule has 0 amide bonds. The fraction of sp³-hybridized carbons (Fsp3) is 0.429. The summed E-state index contributed by atoms with van der Waals surface area (Å²) in [7, 11) is 0. The predicted octanol–water partition coefficient (Wildman–Crippen LogP) is 1.89. The van der Waals surface area contributed by atoms with Crippen molar-refractivity contribution in [3.63, 3.8) is 0 Å². The number of hydrogen-bond acceptors (Lipinski definition) is 3. The molecule has 0 spiro atoms. The number of fused-ring (bicyclic) bond motifs is 1. The summed E-state index contributed by atoms with van der Waals surface area (Å²) in [6.07, 6.45) is 3.15. The van der Waals surface area contributed by atoms with Gasteiger partial charge in [-0.3, -0.25) is 9.20 Å². The van der Waals surface area contributed by atoms with Gasteiger partial charge in [0.05, 0.1) is 0 Å². The second kappa shape index (κ2) is 5.31. The number of aryl methyl sites for hydroxylation is 1. The molecule has 100 valence electrons. The van der Waals surface area contributed by atoms with Crippen LogP contribution in [-0.2, 0) is 6.42 Å². The zero-order valence-corrected chi connectivity index (χ0v) is 11.4. The number of nitrogens with one attached hydrogen (secondary N) is 1. The molecule has 2 aromatic heterocycles. The van der Waals surface area contributed by atoms with Gasteiger partial charge in [-0.15, -0.1) is 0 Å². The van der Waals surface area contributed by atoms with E-state index in [-0.39, 0.29) is 5.56 Å². The first-order valence-corrected chi connectivity index (χ1v) is 7.00. The third-order valence-electron chi connectivity index (χ3n) is 3.66. The number of pyridine rings is 1. The van der Waals surface area contributed by atoms with Gasteiger partial charge in [-0.05, 0) is 50.4 Å². The molecule has 1 unspecified atom stereocenters. The minimum atomic E-state index is -0.102. The van der Waals surface area contributed by atoms with Gasteiger partial charge in [0.25, 0.3) is 5.56 Å². The average molecular weight is 278 g/mol. The average Bonchev–Trinajstić information content (AvgIpc) is 2.89. The Labute approximate surface area is 116 Å². The molecule has 2 aromatic rings. The van der Waals surface area contributed by atoms with Gasteiger partial charge in [0.2, 0.25) is 0 Å². The Balaban J connectivity index is 1.86. The van der Waals surface area contributed by atoms with E-state index in [0.29, 0.717) is 16.7 Å². The lowest BCUT2D eigenvalue weighted by atomic mass is 10.0. The van der Waals surface area contributed by atoms with Crippen molar-refractivity contribution in [3.8, 4) is 0 Å². The van der Waals surface area contributed by atoms with Crippen LogP contribution in [0.5, 0.6) is 0 Å². The van der Waals surface area contributed by atoms with E-state index in [0.717, 1.165) is 31.6 Å². The molecule has 0 aromatic carbocycles. The van der Waals surface area contributed by atoms with Crippen LogP contribution in [0, 0.1) is 5.92 Å². The number of hydrogen-bond donors (Lipinski definition) is 1. The summed E-state index contributed by atoms with van der Waals surface area (Å²) in [4.78, 5) is 16.6. The Morgan fingerprint density at radius 2 is 2.37 bits per heavy atom. The van der Waals surface area contributed by atoms with Crippen LogP contribution < -0.4 is 10.9 Å². The maximum atomic E-state index is 12.0. The Morgan fingerprint density at radius 1 is 1.47 bits per heavy atom. The van der Waals surface area contributed by atoms with Crippen LogP contribution in [0.25, 0.3) is 5.65 Å². The topological polar surface area (TPSA) is 46.4 Å². The highest BCUT2D eigenvalue weighted by atomic mass is 35.5. The van der Waals surface area contributed by atoms with E-state index in [9.17, 15) is 4.79 Å². The standard InChI is InChI=1S/C14H16ClN3O/c15-12-2-1-3-13-17-11(8-14(19)18(12)13)5-4-10-6-7-16-9-10/h1-3,8,10,16H,4-7,9H2. The van der Waals surface area contributed by atoms with Gasteiger partial charge in [-0.2, -0.15) is 0 Å². The highest BCUT2D eigenvalue weighted by molar-refractivity contribution is 6.29. The first-order valence-electron chi connectivity index (χ1n) is 6.62. The van der Waals surface area contributed by atoms with Gasteiger partial charge in [0, 0.05) is 11.8 Å². The van der Waals surface area contributed by atoms with E-state index in [1.165, 1.54) is 10.8 Å². The van der Waals surface area contributed by atoms with Crippen LogP contribution >= 0.6 is 11.6 Å². The quantitative estimate of drug-likeness (QED) is 0.872. The van der Waals surface area contributed by atoms with E-state index >= 15 is 0 Å². The van der Waals surface area contributed by atoms with Crippen molar-refractivity contribution in [1.82, 2.24) is 14.7 Å². The van der Waals surface area contributed by atoms with Crippen molar-refractivity contribution >= 4 is 17.2 Å². The van der Waals surface area contributed by atoms with Crippen LogP contribution in [0.4, 0.5) is 0 Å². The second-order valence-electron chi connectivity index (χ2n) is 5.03. The molecule has 0 radical (unpaired) electrons. The lowest BCUT2D eigenvalue weighted by Crippen LogP contribution is -2.17. The van der Waals surface area contributed by atoms with Crippen LogP contribution in [-0.4, -0.2) is 22.5 Å². The van der Waals surface area contributed by atoms with Crippen LogP contribution in [0.3, 0.4) is 0 Å². The van der Waals surface area contributed by atoms with Crippen molar-refractivity contribution in [3.05, 3.63) is 45.5 Å². The molecule has 1 saturated heterocycles. The summed E-state index contributed by atoms with van der Waals surface area (Å²) in [5.74, 6) is 0.708. The molecule has 19 heavy (non-hydrogen) atoms. The van der Waals surface area contributed by atoms with E-state index < -0.39 is 0 Å². The molecular weight excluding hydrogens is 262 g/mol. The summed E-state index contributed by atoms with van der Waals surface area (Å²) >= 11 is 6.01. The molecule has 1 N–H and O–H groups in total. The third kappa shape index (κ3) is 2.65. The summed E-state index contributed by atoms with van der Waals surface area (Å²) < 4.78 is 1.43. The number of aromatic nitrogens is 2. The molecule has 1 fully saturated rings. The van der Waals surface area contributed by atoms with Crippen molar-refractivity contribution in [1.29, 1.82) is 0 Å². The minimum absolute atomic E-state index is 0.102. The van der Waals surface area contributed by atoms with E-state index in [2.05, 4.69) is 10.3 Å². The summed E-state index contributed by atoms with van der Waals surface area (Å²) in [5, 5.41) is 3.76. The fourth-order valence-electron chi connectivity index (χ4n) is 2.60. The molecular formula is C14H16ClN3O. The Hall–Kier alpha value is -1.39. The summed E-state index contributed by atoms with van der Waals surface area (Å²) in [6.45, 7) is 2.19. The smallest absolute Gasteiger partial charge is 0.259 e. The number of rotatable bonds is 3. The minimum Gasteiger partial charge on any atom is -0.316 e. The molecule has 5 heteroatoms. The molecule has 1 atom stereocenters. The second-order valence-corrected chi connectivity index (χ2v) is 5.41. The molecule has 1 aliphatic rings. The monoisotopic (exact) mass is 277 g/mol. The van der Waals surface area contributed by atoms with Gasteiger partial charge in [-0.25, -0.2) is 4.98 Å². The lowest BCUT2D eigenvalue weighted by Gasteiger charge is -2.08. The normalized spacial score (nSPS) is 19.1. The zero-order chi connectivity index (χ0) is 13.2. The van der Waals surface area contributed by atoms with Gasteiger partial charge < -0.3 is 5.32 Å². The lowest BCUT2D eigenvalue weighted by molar-refractivity contribution is 0.529. The first-order chi connectivity index (χ1) is 9.24. The molecule has 4 nitrogen and oxygen atoms in total. The van der Waals surface area contributed by atoms with E-state index in [4.69, 9.17) is 11.6 Å². The van der Waals surface area contributed by atoms with E-state index in [1.54, 1.807) is 12.1 Å². The van der Waals surface area contributed by atoms with Gasteiger partial charge in [0.15, 0.2) is 0 Å². The Morgan fingerprint density at radius 3 is 3.16 bits per heavy atom. The molecule has 3 rings (SSSR count). The first kappa shape index (κ1) is 12.6. The molecule has 0 bridgehead atoms. The van der Waals surface area contributed by atoms with Crippen molar-refractivity contribution in [2.45, 2.75) is 19.3 Å². The predicted molar refractivity (Wildman–Crippen MR) is 75.8 cm³/mol. The third-order valence-corrected chi connectivity index (χ3v) is 3.96. The van der Waals surface area contributed by atoms with Crippen molar-refractivity contribution in [2.24, 2.45) is 5.92 Å². The Bertz CT molecular complexity index is 647. The van der Waals surface area contributed by atoms with Gasteiger partial charge >= 0.3 is 0 Å². The van der Waals surface area contributed by atoms with Crippen molar-refractivity contribution < 1.29 is 0 Å². The molecule has 0 aliphatic carbocycles. The molecule has 3 heterocycles. The highest BCUT2D eigenvalue weighted by Crippen LogP contribution is 2.15. The van der Waals surface area contributed by atoms with Crippen LogP contribution in [0.15, 0.2) is 29.1 Å². The largest absolute Gasteiger partial charge is 0.316 e. The summed E-state index contributed by atoms with van der Waals surface area (Å²) in [6, 6.07) is 6.92.